The van der Waals surface area contributed by atoms with Crippen LogP contribution in [0.5, 0.6) is 11.5 Å². The fraction of sp³-hybridized carbons (Fsp3) is 0.357. The fourth-order valence-corrected chi connectivity index (χ4v) is 5.16. The van der Waals surface area contributed by atoms with Crippen LogP contribution in [0.1, 0.15) is 42.1 Å². The molecule has 6 nitrogen and oxygen atoms in total. The highest BCUT2D eigenvalue weighted by molar-refractivity contribution is 7.19. The third-order valence-corrected chi connectivity index (χ3v) is 7.23. The Kier molecular flexibility index (Phi) is 10.9. The van der Waals surface area contributed by atoms with Crippen molar-refractivity contribution in [1.29, 1.82) is 0 Å². The van der Waals surface area contributed by atoms with E-state index in [0.717, 1.165) is 35.4 Å². The van der Waals surface area contributed by atoms with Crippen LogP contribution in [0.2, 0.25) is 4.34 Å². The summed E-state index contributed by atoms with van der Waals surface area (Å²) < 4.78 is 25.2. The molecule has 4 rings (SSSR count). The number of nitrogens with zero attached hydrogens (tertiary/aromatic N) is 1. The van der Waals surface area contributed by atoms with Crippen molar-refractivity contribution in [2.75, 3.05) is 33.4 Å². The number of carbonyl (C=O) groups is 2. The molecule has 0 radical (unpaired) electrons. The zero-order valence-electron chi connectivity index (χ0n) is 21.1. The average Bonchev–Trinajstić information content (AvgIpc) is 3.57. The quantitative estimate of drug-likeness (QED) is 0.249. The lowest BCUT2D eigenvalue weighted by molar-refractivity contribution is -0.114. The minimum atomic E-state index is -0.947. The van der Waals surface area contributed by atoms with Gasteiger partial charge in [-0.3, -0.25) is 9.59 Å². The Morgan fingerprint density at radius 2 is 1.81 bits per heavy atom. The van der Waals surface area contributed by atoms with E-state index in [1.54, 1.807) is 37.4 Å². The van der Waals surface area contributed by atoms with Gasteiger partial charge in [0.1, 0.15) is 0 Å². The average molecular weight is 547 g/mol. The van der Waals surface area contributed by atoms with Gasteiger partial charge < -0.3 is 20.1 Å². The van der Waals surface area contributed by atoms with Crippen molar-refractivity contribution < 1.29 is 23.5 Å². The predicted octanol–water partition coefficient (Wildman–Crippen LogP) is 6.00. The van der Waals surface area contributed by atoms with E-state index in [0.29, 0.717) is 22.3 Å². The van der Waals surface area contributed by atoms with Gasteiger partial charge in [-0.25, -0.2) is 4.39 Å². The van der Waals surface area contributed by atoms with Gasteiger partial charge >= 0.3 is 0 Å². The van der Waals surface area contributed by atoms with Crippen molar-refractivity contribution in [3.05, 3.63) is 69.8 Å². The Balaban J connectivity index is 0.000000208. The van der Waals surface area contributed by atoms with Gasteiger partial charge in [-0.15, -0.1) is 11.3 Å². The van der Waals surface area contributed by atoms with Crippen LogP contribution in [0.3, 0.4) is 0 Å². The number of carbonyl (C=O) groups excluding carboxylic acids is 2. The van der Waals surface area contributed by atoms with Crippen LogP contribution in [0.4, 0.5) is 4.39 Å². The van der Waals surface area contributed by atoms with E-state index in [2.05, 4.69) is 4.90 Å². The number of primary amides is 1. The van der Waals surface area contributed by atoms with Crippen LogP contribution in [-0.4, -0.2) is 49.9 Å². The summed E-state index contributed by atoms with van der Waals surface area (Å²) in [6, 6.07) is 13.8. The molecule has 9 heteroatoms. The molecule has 0 unspecified atom stereocenters. The van der Waals surface area contributed by atoms with Crippen molar-refractivity contribution in [3.8, 4) is 21.9 Å². The molecule has 2 aromatic carbocycles. The SMILES string of the molecule is CCOc1c(F)cc(CCCN2CCCC2)cc1OC.NC(=O)C(=O)c1ccc(-c2ccc(Cl)s2)cc1. The molecule has 1 aromatic heterocycles. The molecule has 2 N–H and O–H groups in total. The highest BCUT2D eigenvalue weighted by Crippen LogP contribution is 2.32. The van der Waals surface area contributed by atoms with Crippen molar-refractivity contribution >= 4 is 34.6 Å². The molecule has 0 spiro atoms. The van der Waals surface area contributed by atoms with Gasteiger partial charge in [-0.2, -0.15) is 0 Å². The fourth-order valence-electron chi connectivity index (χ4n) is 4.11. The number of likely N-dealkylation sites (tertiary alicyclic amines) is 1. The number of methoxy groups -OCH3 is 1. The summed E-state index contributed by atoms with van der Waals surface area (Å²) >= 11 is 7.29. The van der Waals surface area contributed by atoms with Crippen LogP contribution >= 0.6 is 22.9 Å². The van der Waals surface area contributed by atoms with E-state index in [1.165, 1.54) is 37.3 Å². The topological polar surface area (TPSA) is 81.9 Å². The third-order valence-electron chi connectivity index (χ3n) is 5.94. The van der Waals surface area contributed by atoms with E-state index in [4.69, 9.17) is 26.8 Å². The van der Waals surface area contributed by atoms with Crippen molar-refractivity contribution in [2.45, 2.75) is 32.6 Å². The third kappa shape index (κ3) is 8.28. The van der Waals surface area contributed by atoms with Crippen molar-refractivity contribution in [2.24, 2.45) is 5.73 Å². The van der Waals surface area contributed by atoms with Gasteiger partial charge in [0, 0.05) is 10.4 Å². The van der Waals surface area contributed by atoms with Gasteiger partial charge in [0.2, 0.25) is 5.78 Å². The molecule has 0 saturated carbocycles. The van der Waals surface area contributed by atoms with Crippen LogP contribution in [-0.2, 0) is 11.2 Å². The number of thiophene rings is 1. The van der Waals surface area contributed by atoms with E-state index in [9.17, 15) is 14.0 Å². The second-order valence-corrected chi connectivity index (χ2v) is 10.3. The molecule has 0 bridgehead atoms. The number of halogens is 2. The summed E-state index contributed by atoms with van der Waals surface area (Å²) in [6.07, 6.45) is 4.55. The standard InChI is InChI=1S/C16H24FNO2.C12H8ClNO2S/c1-3-20-16-14(17)11-13(12-15(16)19-2)7-6-10-18-8-4-5-9-18;13-10-6-5-9(17-10)7-1-3-8(4-2-7)11(15)12(14)16/h11-12H,3-10H2,1-2H3;1-6H,(H2,14,16). The lowest BCUT2D eigenvalue weighted by Crippen LogP contribution is -2.22. The molecule has 0 aliphatic carbocycles. The Morgan fingerprint density at radius 1 is 1.11 bits per heavy atom. The highest BCUT2D eigenvalue weighted by atomic mass is 35.5. The molecule has 1 amide bonds. The van der Waals surface area contributed by atoms with Gasteiger partial charge in [0.25, 0.3) is 5.91 Å². The Hall–Kier alpha value is -2.94. The van der Waals surface area contributed by atoms with Crippen LogP contribution in [0.15, 0.2) is 48.5 Å². The summed E-state index contributed by atoms with van der Waals surface area (Å²) in [6.45, 7) is 5.78. The first-order valence-electron chi connectivity index (χ1n) is 12.2. The smallest absolute Gasteiger partial charge is 0.289 e. The van der Waals surface area contributed by atoms with Gasteiger partial charge in [0.15, 0.2) is 17.3 Å². The molecule has 1 saturated heterocycles. The maximum Gasteiger partial charge on any atom is 0.289 e. The highest BCUT2D eigenvalue weighted by Gasteiger charge is 2.15. The molecule has 3 aromatic rings. The number of benzene rings is 2. The molecular weight excluding hydrogens is 515 g/mol. The molecule has 0 atom stereocenters. The zero-order valence-corrected chi connectivity index (χ0v) is 22.7. The number of rotatable bonds is 10. The number of ether oxygens (including phenoxy) is 2. The maximum atomic E-state index is 14.0. The summed E-state index contributed by atoms with van der Waals surface area (Å²) in [5.74, 6) is -1.25. The summed E-state index contributed by atoms with van der Waals surface area (Å²) in [5, 5.41) is 0. The van der Waals surface area contributed by atoms with E-state index >= 15 is 0 Å². The first kappa shape index (κ1) is 28.6. The number of nitrogens with two attached hydrogens (primary N) is 1. The van der Waals surface area contributed by atoms with Crippen molar-refractivity contribution in [3.63, 3.8) is 0 Å². The van der Waals surface area contributed by atoms with E-state index in [-0.39, 0.29) is 11.6 Å². The van der Waals surface area contributed by atoms with Crippen LogP contribution in [0, 0.1) is 5.82 Å². The molecule has 37 heavy (non-hydrogen) atoms. The van der Waals surface area contributed by atoms with Crippen LogP contribution in [0.25, 0.3) is 10.4 Å². The monoisotopic (exact) mass is 546 g/mol. The summed E-state index contributed by atoms with van der Waals surface area (Å²) in [7, 11) is 1.55. The molecule has 1 aliphatic rings. The van der Waals surface area contributed by atoms with Gasteiger partial charge in [-0.1, -0.05) is 35.9 Å². The van der Waals surface area contributed by atoms with E-state index in [1.807, 2.05) is 25.1 Å². The number of aryl methyl sites for hydroxylation is 1. The van der Waals surface area contributed by atoms with E-state index < -0.39 is 11.7 Å². The molecule has 1 fully saturated rings. The van der Waals surface area contributed by atoms with Gasteiger partial charge in [0.05, 0.1) is 18.1 Å². The Bertz CT molecular complexity index is 1190. The Labute approximate surface area is 226 Å². The molecular formula is C28H32ClFN2O4S. The maximum absolute atomic E-state index is 14.0. The first-order valence-corrected chi connectivity index (χ1v) is 13.4. The number of Topliss-reactive ketones (excluding diaryl/α,β-unsaturated/α-hetero) is 1. The largest absolute Gasteiger partial charge is 0.493 e. The summed E-state index contributed by atoms with van der Waals surface area (Å²) in [5.41, 5.74) is 7.13. The minimum absolute atomic E-state index is 0.221. The van der Waals surface area contributed by atoms with Crippen molar-refractivity contribution in [1.82, 2.24) is 4.90 Å². The zero-order chi connectivity index (χ0) is 26.8. The Morgan fingerprint density at radius 3 is 2.38 bits per heavy atom. The number of hydrogen-bond donors (Lipinski definition) is 1. The summed E-state index contributed by atoms with van der Waals surface area (Å²) in [4.78, 5) is 25.5. The number of amides is 1. The lowest BCUT2D eigenvalue weighted by Gasteiger charge is -2.15. The first-order chi connectivity index (χ1) is 17.8. The predicted molar refractivity (Wildman–Crippen MR) is 146 cm³/mol. The molecule has 1 aliphatic heterocycles. The molecule has 198 valence electrons. The minimum Gasteiger partial charge on any atom is -0.493 e. The number of hydrogen-bond acceptors (Lipinski definition) is 6. The second-order valence-electron chi connectivity index (χ2n) is 8.57. The van der Waals surface area contributed by atoms with Crippen LogP contribution < -0.4 is 15.2 Å². The normalized spacial score (nSPS) is 13.1. The molecule has 2 heterocycles. The number of ketones is 1. The lowest BCUT2D eigenvalue weighted by atomic mass is 10.1. The van der Waals surface area contributed by atoms with Gasteiger partial charge in [-0.05, 0) is 87.6 Å². The second kappa shape index (κ2) is 14.1.